The number of nitrogens with one attached hydrogen (secondary N) is 1. The second-order valence-corrected chi connectivity index (χ2v) is 5.10. The zero-order chi connectivity index (χ0) is 14.8. The minimum absolute atomic E-state index is 0.175. The summed E-state index contributed by atoms with van der Waals surface area (Å²) in [5.74, 6) is -1.49. The number of nitrogens with zero attached hydrogens (tertiary/aromatic N) is 2. The maximum Gasteiger partial charge on any atom is 0.308 e. The lowest BCUT2D eigenvalue weighted by atomic mass is 10.1. The van der Waals surface area contributed by atoms with E-state index in [1.807, 2.05) is 30.3 Å². The normalized spacial score (nSPS) is 17.9. The van der Waals surface area contributed by atoms with Gasteiger partial charge in [0.1, 0.15) is 0 Å². The Kier molecular flexibility index (Phi) is 3.43. The average molecular weight is 285 g/mol. The van der Waals surface area contributed by atoms with Gasteiger partial charge in [-0.3, -0.25) is 14.7 Å². The number of rotatable bonds is 3. The summed E-state index contributed by atoms with van der Waals surface area (Å²) in [5.41, 5.74) is 2.03. The van der Waals surface area contributed by atoms with Crippen LogP contribution in [0, 0.1) is 5.92 Å². The number of amides is 1. The lowest BCUT2D eigenvalue weighted by Gasteiger charge is -2.15. The fourth-order valence-corrected chi connectivity index (χ4v) is 2.59. The van der Waals surface area contributed by atoms with E-state index in [1.165, 1.54) is 6.20 Å². The smallest absolute Gasteiger partial charge is 0.308 e. The molecule has 2 aromatic rings. The molecular weight excluding hydrogens is 270 g/mol. The number of hydrogen-bond acceptors (Lipinski definition) is 3. The quantitative estimate of drug-likeness (QED) is 0.897. The van der Waals surface area contributed by atoms with Gasteiger partial charge in [-0.25, -0.2) is 0 Å². The van der Waals surface area contributed by atoms with E-state index < -0.39 is 11.9 Å². The van der Waals surface area contributed by atoms with Gasteiger partial charge in [0.2, 0.25) is 0 Å². The lowest BCUT2D eigenvalue weighted by molar-refractivity contribution is -0.141. The van der Waals surface area contributed by atoms with Gasteiger partial charge >= 0.3 is 5.97 Å². The van der Waals surface area contributed by atoms with Crippen LogP contribution in [0.3, 0.4) is 0 Å². The predicted octanol–water partition coefficient (Wildman–Crippen LogP) is 1.62. The lowest BCUT2D eigenvalue weighted by Crippen LogP contribution is -2.30. The molecule has 6 heteroatoms. The zero-order valence-electron chi connectivity index (χ0n) is 11.3. The van der Waals surface area contributed by atoms with E-state index in [1.54, 1.807) is 4.90 Å². The number of H-pyrrole nitrogens is 1. The number of aromatic nitrogens is 2. The number of carboxylic acid groups (broad SMARTS) is 1. The van der Waals surface area contributed by atoms with Crippen LogP contribution in [0.2, 0.25) is 0 Å². The third-order valence-corrected chi connectivity index (χ3v) is 3.76. The van der Waals surface area contributed by atoms with Crippen molar-refractivity contribution in [2.75, 3.05) is 13.1 Å². The van der Waals surface area contributed by atoms with Gasteiger partial charge < -0.3 is 10.0 Å². The average Bonchev–Trinajstić information content (AvgIpc) is 3.17. The molecule has 1 saturated heterocycles. The van der Waals surface area contributed by atoms with Crippen LogP contribution in [0.5, 0.6) is 0 Å². The second kappa shape index (κ2) is 5.40. The van der Waals surface area contributed by atoms with Crippen molar-refractivity contribution in [3.05, 3.63) is 42.1 Å². The third-order valence-electron chi connectivity index (χ3n) is 3.76. The Labute approximate surface area is 121 Å². The molecule has 0 spiro atoms. The first kappa shape index (κ1) is 13.4. The van der Waals surface area contributed by atoms with Gasteiger partial charge in [-0.1, -0.05) is 30.3 Å². The van der Waals surface area contributed by atoms with Crippen molar-refractivity contribution >= 4 is 11.9 Å². The predicted molar refractivity (Wildman–Crippen MR) is 75.7 cm³/mol. The molecule has 6 nitrogen and oxygen atoms in total. The van der Waals surface area contributed by atoms with E-state index >= 15 is 0 Å². The Bertz CT molecular complexity index is 666. The topological polar surface area (TPSA) is 86.3 Å². The number of benzene rings is 1. The second-order valence-electron chi connectivity index (χ2n) is 5.10. The van der Waals surface area contributed by atoms with Gasteiger partial charge in [-0.15, -0.1) is 0 Å². The summed E-state index contributed by atoms with van der Waals surface area (Å²) in [6.45, 7) is 0.725. The summed E-state index contributed by atoms with van der Waals surface area (Å²) in [4.78, 5) is 25.1. The highest BCUT2D eigenvalue weighted by Crippen LogP contribution is 2.24. The molecule has 0 unspecified atom stereocenters. The van der Waals surface area contributed by atoms with E-state index in [2.05, 4.69) is 10.2 Å². The van der Waals surface area contributed by atoms with E-state index in [4.69, 9.17) is 5.11 Å². The molecule has 1 aliphatic heterocycles. The minimum Gasteiger partial charge on any atom is -0.481 e. The Balaban J connectivity index is 1.84. The largest absolute Gasteiger partial charge is 0.481 e. The first-order chi connectivity index (χ1) is 10.2. The Morgan fingerprint density at radius 1 is 1.29 bits per heavy atom. The van der Waals surface area contributed by atoms with Crippen LogP contribution in [0.4, 0.5) is 0 Å². The standard InChI is InChI=1S/C15H15N3O3/c19-14(18-7-6-11(9-18)15(20)21)12-8-16-17-13(12)10-4-2-1-3-5-10/h1-5,8,11H,6-7,9H2,(H,16,17)(H,20,21)/t11-/m1/s1. The van der Waals surface area contributed by atoms with E-state index in [-0.39, 0.29) is 12.5 Å². The molecule has 1 fully saturated rings. The van der Waals surface area contributed by atoms with Gasteiger partial charge in [-0.2, -0.15) is 5.10 Å². The van der Waals surface area contributed by atoms with E-state index in [0.717, 1.165) is 5.56 Å². The SMILES string of the molecule is O=C(O)[C@@H]1CCN(C(=O)c2cn[nH]c2-c2ccccc2)C1. The van der Waals surface area contributed by atoms with Gasteiger partial charge in [0.05, 0.1) is 23.4 Å². The molecule has 0 aliphatic carbocycles. The highest BCUT2D eigenvalue weighted by molar-refractivity contribution is 6.00. The van der Waals surface area contributed by atoms with Crippen LogP contribution >= 0.6 is 0 Å². The van der Waals surface area contributed by atoms with E-state index in [9.17, 15) is 9.59 Å². The van der Waals surface area contributed by atoms with Crippen molar-refractivity contribution in [1.82, 2.24) is 15.1 Å². The number of aliphatic carboxylic acids is 1. The number of carbonyl (C=O) groups excluding carboxylic acids is 1. The van der Waals surface area contributed by atoms with Crippen molar-refractivity contribution in [3.8, 4) is 11.3 Å². The molecule has 1 aromatic carbocycles. The molecule has 21 heavy (non-hydrogen) atoms. The maximum atomic E-state index is 12.5. The number of hydrogen-bond donors (Lipinski definition) is 2. The summed E-state index contributed by atoms with van der Waals surface area (Å²) in [6.07, 6.45) is 2.00. The minimum atomic E-state index is -0.847. The molecule has 1 amide bonds. The molecule has 2 N–H and O–H groups in total. The Morgan fingerprint density at radius 3 is 2.71 bits per heavy atom. The van der Waals surface area contributed by atoms with Crippen LogP contribution in [0.15, 0.2) is 36.5 Å². The van der Waals surface area contributed by atoms with Crippen LogP contribution in [0.1, 0.15) is 16.8 Å². The van der Waals surface area contributed by atoms with Gasteiger partial charge in [0, 0.05) is 18.7 Å². The number of aromatic amines is 1. The van der Waals surface area contributed by atoms with Crippen LogP contribution in [0.25, 0.3) is 11.3 Å². The molecular formula is C15H15N3O3. The molecule has 3 rings (SSSR count). The molecule has 2 heterocycles. The first-order valence-corrected chi connectivity index (χ1v) is 6.77. The first-order valence-electron chi connectivity index (χ1n) is 6.77. The monoisotopic (exact) mass is 285 g/mol. The molecule has 108 valence electrons. The van der Waals surface area contributed by atoms with Crippen molar-refractivity contribution in [2.45, 2.75) is 6.42 Å². The number of carboxylic acids is 1. The van der Waals surface area contributed by atoms with Crippen LogP contribution in [-0.2, 0) is 4.79 Å². The molecule has 1 aliphatic rings. The molecule has 1 atom stereocenters. The molecule has 1 aromatic heterocycles. The summed E-state index contributed by atoms with van der Waals surface area (Å²) >= 11 is 0. The highest BCUT2D eigenvalue weighted by Gasteiger charge is 2.32. The van der Waals surface area contributed by atoms with Crippen LogP contribution < -0.4 is 0 Å². The third kappa shape index (κ3) is 2.52. The zero-order valence-corrected chi connectivity index (χ0v) is 11.3. The summed E-state index contributed by atoms with van der Waals surface area (Å²) in [7, 11) is 0. The number of carbonyl (C=O) groups is 2. The number of likely N-dealkylation sites (tertiary alicyclic amines) is 1. The fourth-order valence-electron chi connectivity index (χ4n) is 2.59. The molecule has 0 saturated carbocycles. The summed E-state index contributed by atoms with van der Waals surface area (Å²) in [5, 5.41) is 15.8. The fraction of sp³-hybridized carbons (Fsp3) is 0.267. The van der Waals surface area contributed by atoms with Crippen molar-refractivity contribution < 1.29 is 14.7 Å². The Hall–Kier alpha value is -2.63. The van der Waals surface area contributed by atoms with Crippen molar-refractivity contribution in [3.63, 3.8) is 0 Å². The van der Waals surface area contributed by atoms with Crippen molar-refractivity contribution in [1.29, 1.82) is 0 Å². The maximum absolute atomic E-state index is 12.5. The highest BCUT2D eigenvalue weighted by atomic mass is 16.4. The van der Waals surface area contributed by atoms with Gasteiger partial charge in [0.15, 0.2) is 0 Å². The Morgan fingerprint density at radius 2 is 2.05 bits per heavy atom. The van der Waals surface area contributed by atoms with Gasteiger partial charge in [0.25, 0.3) is 5.91 Å². The summed E-state index contributed by atoms with van der Waals surface area (Å²) < 4.78 is 0. The molecule has 0 bridgehead atoms. The van der Waals surface area contributed by atoms with E-state index in [0.29, 0.717) is 24.2 Å². The van der Waals surface area contributed by atoms with Crippen molar-refractivity contribution in [2.24, 2.45) is 5.92 Å². The molecule has 0 radical (unpaired) electrons. The summed E-state index contributed by atoms with van der Waals surface area (Å²) in [6, 6.07) is 9.48. The van der Waals surface area contributed by atoms with Gasteiger partial charge in [-0.05, 0) is 6.42 Å². The van der Waals surface area contributed by atoms with Crippen LogP contribution in [-0.4, -0.2) is 45.2 Å².